The van der Waals surface area contributed by atoms with Crippen molar-refractivity contribution in [2.75, 3.05) is 20.1 Å². The van der Waals surface area contributed by atoms with E-state index in [2.05, 4.69) is 44.9 Å². The predicted molar refractivity (Wildman–Crippen MR) is 112 cm³/mol. The molecule has 0 amide bonds. The fourth-order valence-electron chi connectivity index (χ4n) is 3.60. The molecule has 3 heterocycles. The zero-order chi connectivity index (χ0) is 19.3. The number of hydrogen-bond donors (Lipinski definition) is 1. The monoisotopic (exact) mass is 377 g/mol. The minimum atomic E-state index is 0.262. The van der Waals surface area contributed by atoms with Crippen LogP contribution < -0.4 is 10.1 Å². The Morgan fingerprint density at radius 2 is 2.00 bits per heavy atom. The summed E-state index contributed by atoms with van der Waals surface area (Å²) in [5, 5.41) is 3.45. The average Bonchev–Trinajstić information content (AvgIpc) is 3.12. The van der Waals surface area contributed by atoms with Crippen molar-refractivity contribution >= 4 is 11.6 Å². The first kappa shape index (κ1) is 18.3. The number of imidazole rings is 1. The molecule has 0 bridgehead atoms. The number of nitrogens with one attached hydrogen (secondary N) is 1. The lowest BCUT2D eigenvalue weighted by molar-refractivity contribution is 0.129. The Labute approximate surface area is 165 Å². The molecule has 0 saturated carbocycles. The van der Waals surface area contributed by atoms with Gasteiger partial charge in [0, 0.05) is 45.4 Å². The molecule has 0 spiro atoms. The lowest BCUT2D eigenvalue weighted by atomic mass is 10.1. The fourth-order valence-corrected chi connectivity index (χ4v) is 3.60. The van der Waals surface area contributed by atoms with Crippen LogP contribution >= 0.6 is 0 Å². The Hall–Kier alpha value is -3.02. The van der Waals surface area contributed by atoms with Crippen LogP contribution in [0.4, 0.5) is 0 Å². The number of piperidine rings is 1. The molecule has 0 atom stereocenters. The molecular weight excluding hydrogens is 350 g/mol. The molecule has 0 radical (unpaired) electrons. The highest BCUT2D eigenvalue weighted by atomic mass is 16.5. The molecule has 6 heteroatoms. The van der Waals surface area contributed by atoms with Crippen LogP contribution in [0.1, 0.15) is 24.1 Å². The molecule has 1 aromatic carbocycles. The smallest absolute Gasteiger partial charge is 0.193 e. The summed E-state index contributed by atoms with van der Waals surface area (Å²) < 4.78 is 8.14. The number of aliphatic imine (C=N–C) groups is 1. The van der Waals surface area contributed by atoms with Crippen LogP contribution in [0, 0.1) is 6.92 Å². The van der Waals surface area contributed by atoms with Crippen LogP contribution in [-0.4, -0.2) is 46.5 Å². The largest absolute Gasteiger partial charge is 0.490 e. The minimum absolute atomic E-state index is 0.262. The molecule has 1 saturated heterocycles. The Morgan fingerprint density at radius 3 is 2.75 bits per heavy atom. The molecule has 6 nitrogen and oxygen atoms in total. The van der Waals surface area contributed by atoms with Gasteiger partial charge in [-0.25, -0.2) is 4.98 Å². The van der Waals surface area contributed by atoms with Gasteiger partial charge in [0.15, 0.2) is 5.96 Å². The molecule has 4 rings (SSSR count). The van der Waals surface area contributed by atoms with Crippen LogP contribution in [-0.2, 0) is 6.54 Å². The van der Waals surface area contributed by atoms with Gasteiger partial charge < -0.3 is 19.4 Å². The van der Waals surface area contributed by atoms with E-state index in [1.807, 2.05) is 43.6 Å². The summed E-state index contributed by atoms with van der Waals surface area (Å²) in [6.45, 7) is 4.61. The number of likely N-dealkylation sites (tertiary alicyclic amines) is 1. The van der Waals surface area contributed by atoms with E-state index in [-0.39, 0.29) is 6.10 Å². The van der Waals surface area contributed by atoms with E-state index in [0.29, 0.717) is 6.54 Å². The normalized spacial score (nSPS) is 15.8. The summed E-state index contributed by atoms with van der Waals surface area (Å²) in [5.41, 5.74) is 3.20. The molecule has 1 aliphatic heterocycles. The molecule has 146 valence electrons. The minimum Gasteiger partial charge on any atom is -0.490 e. The number of ether oxygens (including phenoxy) is 1. The van der Waals surface area contributed by atoms with Gasteiger partial charge in [0.1, 0.15) is 17.5 Å². The molecule has 3 aromatic rings. The SMILES string of the molecule is CN=C(NCc1cn2ccc(C)cc2n1)N1CCC(Oc2ccccc2)CC1. The lowest BCUT2D eigenvalue weighted by Crippen LogP contribution is -2.47. The van der Waals surface area contributed by atoms with E-state index in [4.69, 9.17) is 9.72 Å². The summed E-state index contributed by atoms with van der Waals surface area (Å²) in [7, 11) is 1.84. The highest BCUT2D eigenvalue weighted by molar-refractivity contribution is 5.79. The van der Waals surface area contributed by atoms with Gasteiger partial charge in [-0.1, -0.05) is 18.2 Å². The van der Waals surface area contributed by atoms with E-state index in [0.717, 1.165) is 49.0 Å². The third-order valence-corrected chi connectivity index (χ3v) is 5.09. The zero-order valence-corrected chi connectivity index (χ0v) is 16.5. The maximum atomic E-state index is 6.09. The second-order valence-electron chi connectivity index (χ2n) is 7.22. The third kappa shape index (κ3) is 4.27. The second-order valence-corrected chi connectivity index (χ2v) is 7.22. The number of guanidine groups is 1. The summed E-state index contributed by atoms with van der Waals surface area (Å²) in [5.74, 6) is 1.87. The highest BCUT2D eigenvalue weighted by Crippen LogP contribution is 2.18. The number of aromatic nitrogens is 2. The maximum Gasteiger partial charge on any atom is 0.193 e. The Morgan fingerprint density at radius 1 is 1.21 bits per heavy atom. The van der Waals surface area contributed by atoms with Crippen molar-refractivity contribution in [3.8, 4) is 5.75 Å². The molecule has 0 unspecified atom stereocenters. The molecule has 28 heavy (non-hydrogen) atoms. The molecule has 0 aliphatic carbocycles. The van der Waals surface area contributed by atoms with Gasteiger partial charge in [-0.3, -0.25) is 4.99 Å². The quantitative estimate of drug-likeness (QED) is 0.560. The Kier molecular flexibility index (Phi) is 5.46. The van der Waals surface area contributed by atoms with Gasteiger partial charge in [0.25, 0.3) is 0 Å². The second kappa shape index (κ2) is 8.33. The number of nitrogens with zero attached hydrogens (tertiary/aromatic N) is 4. The first-order valence-corrected chi connectivity index (χ1v) is 9.83. The average molecular weight is 377 g/mol. The Bertz CT molecular complexity index is 942. The van der Waals surface area contributed by atoms with Gasteiger partial charge in [0.2, 0.25) is 0 Å². The van der Waals surface area contributed by atoms with E-state index in [1.165, 1.54) is 5.56 Å². The third-order valence-electron chi connectivity index (χ3n) is 5.09. The van der Waals surface area contributed by atoms with Crippen molar-refractivity contribution < 1.29 is 4.74 Å². The van der Waals surface area contributed by atoms with Crippen LogP contribution in [0.15, 0.2) is 59.9 Å². The zero-order valence-electron chi connectivity index (χ0n) is 16.5. The maximum absolute atomic E-state index is 6.09. The number of para-hydroxylation sites is 1. The number of fused-ring (bicyclic) bond motifs is 1. The molecule has 2 aromatic heterocycles. The first-order chi connectivity index (χ1) is 13.7. The van der Waals surface area contributed by atoms with Crippen molar-refractivity contribution in [2.24, 2.45) is 4.99 Å². The van der Waals surface area contributed by atoms with Crippen molar-refractivity contribution in [2.45, 2.75) is 32.4 Å². The van der Waals surface area contributed by atoms with Gasteiger partial charge in [-0.05, 0) is 36.8 Å². The summed E-state index contributed by atoms with van der Waals surface area (Å²) >= 11 is 0. The summed E-state index contributed by atoms with van der Waals surface area (Å²) in [4.78, 5) is 11.4. The van der Waals surface area contributed by atoms with E-state index < -0.39 is 0 Å². The number of rotatable bonds is 4. The molecule has 1 aliphatic rings. The lowest BCUT2D eigenvalue weighted by Gasteiger charge is -2.34. The number of pyridine rings is 1. The highest BCUT2D eigenvalue weighted by Gasteiger charge is 2.22. The van der Waals surface area contributed by atoms with Gasteiger partial charge in [-0.15, -0.1) is 0 Å². The van der Waals surface area contributed by atoms with Crippen LogP contribution in [0.5, 0.6) is 5.75 Å². The standard InChI is InChI=1S/C22H27N5O/c1-17-8-11-27-16-18(25-21(27)14-17)15-24-22(23-2)26-12-9-20(10-13-26)28-19-6-4-3-5-7-19/h3-8,11,14,16,20H,9-10,12-13,15H2,1-2H3,(H,23,24). The number of benzene rings is 1. The van der Waals surface area contributed by atoms with Crippen LogP contribution in [0.2, 0.25) is 0 Å². The van der Waals surface area contributed by atoms with E-state index in [1.54, 1.807) is 0 Å². The number of aryl methyl sites for hydroxylation is 1. The van der Waals surface area contributed by atoms with E-state index in [9.17, 15) is 0 Å². The summed E-state index contributed by atoms with van der Waals surface area (Å²) in [6, 6.07) is 14.2. The Balaban J connectivity index is 1.31. The van der Waals surface area contributed by atoms with Crippen LogP contribution in [0.3, 0.4) is 0 Å². The van der Waals surface area contributed by atoms with Crippen molar-refractivity contribution in [1.82, 2.24) is 19.6 Å². The fraction of sp³-hybridized carbons (Fsp3) is 0.364. The predicted octanol–water partition coefficient (Wildman–Crippen LogP) is 3.26. The van der Waals surface area contributed by atoms with E-state index >= 15 is 0 Å². The molecular formula is C22H27N5O. The van der Waals surface area contributed by atoms with Crippen molar-refractivity contribution in [3.05, 3.63) is 66.1 Å². The van der Waals surface area contributed by atoms with Crippen LogP contribution in [0.25, 0.3) is 5.65 Å². The van der Waals surface area contributed by atoms with Crippen molar-refractivity contribution in [3.63, 3.8) is 0 Å². The van der Waals surface area contributed by atoms with Gasteiger partial charge in [-0.2, -0.15) is 0 Å². The topological polar surface area (TPSA) is 54.2 Å². The van der Waals surface area contributed by atoms with Crippen molar-refractivity contribution in [1.29, 1.82) is 0 Å². The van der Waals surface area contributed by atoms with Gasteiger partial charge >= 0.3 is 0 Å². The van der Waals surface area contributed by atoms with Gasteiger partial charge in [0.05, 0.1) is 12.2 Å². The summed E-state index contributed by atoms with van der Waals surface area (Å²) in [6.07, 6.45) is 6.35. The number of hydrogen-bond acceptors (Lipinski definition) is 3. The first-order valence-electron chi connectivity index (χ1n) is 9.83. The molecule has 1 fully saturated rings. The molecule has 1 N–H and O–H groups in total.